The standard InChI is InChI=1S/C22H28O4/c1-2-3-4-5-6-10-15-20(23)16-11-7-8-12-17-21(24)18-13-9-14-19-22(25)26/h3-4,6,9-11,13,16,20-21,23-24H,2,5,14-15,18-19H2,1H3,(H,25,26)/b4-3-,10-6-,13-9-,16-11-/t20-,21-/m0/s1. The molecule has 0 saturated carbocycles. The van der Waals surface area contributed by atoms with E-state index in [-0.39, 0.29) is 6.42 Å². The molecule has 3 N–H and O–H groups in total. The largest absolute Gasteiger partial charge is 0.481 e. The summed E-state index contributed by atoms with van der Waals surface area (Å²) in [4.78, 5) is 10.3. The lowest BCUT2D eigenvalue weighted by molar-refractivity contribution is -0.136. The molecular weight excluding hydrogens is 328 g/mol. The van der Waals surface area contributed by atoms with Gasteiger partial charge in [-0.3, -0.25) is 4.79 Å². The molecule has 0 aromatic rings. The van der Waals surface area contributed by atoms with Crippen LogP contribution in [0, 0.1) is 23.7 Å². The molecule has 140 valence electrons. The smallest absolute Gasteiger partial charge is 0.303 e. The summed E-state index contributed by atoms with van der Waals surface area (Å²) in [6.45, 7) is 2.09. The number of carboxylic acid groups (broad SMARTS) is 1. The number of carboxylic acids is 1. The summed E-state index contributed by atoms with van der Waals surface area (Å²) in [7, 11) is 0. The van der Waals surface area contributed by atoms with Crippen LogP contribution in [0.15, 0.2) is 48.6 Å². The van der Waals surface area contributed by atoms with Crippen LogP contribution in [-0.4, -0.2) is 33.5 Å². The maximum atomic E-state index is 10.3. The van der Waals surface area contributed by atoms with Gasteiger partial charge in [0.05, 0.1) is 6.10 Å². The third-order valence-corrected chi connectivity index (χ3v) is 3.04. The average Bonchev–Trinajstić information content (AvgIpc) is 2.60. The van der Waals surface area contributed by atoms with E-state index in [1.807, 2.05) is 12.2 Å². The predicted molar refractivity (Wildman–Crippen MR) is 105 cm³/mol. The monoisotopic (exact) mass is 356 g/mol. The lowest BCUT2D eigenvalue weighted by Crippen LogP contribution is -2.00. The van der Waals surface area contributed by atoms with Crippen LogP contribution in [0.1, 0.15) is 45.4 Å². The highest BCUT2D eigenvalue weighted by Crippen LogP contribution is 1.98. The van der Waals surface area contributed by atoms with Crippen LogP contribution in [0.4, 0.5) is 0 Å². The number of allylic oxidation sites excluding steroid dienone is 5. The van der Waals surface area contributed by atoms with Crippen LogP contribution < -0.4 is 0 Å². The number of aliphatic carboxylic acids is 1. The van der Waals surface area contributed by atoms with Gasteiger partial charge in [-0.15, -0.1) is 0 Å². The molecule has 0 aliphatic rings. The molecule has 0 rings (SSSR count). The Labute approximate surface area is 156 Å². The second-order valence-electron chi connectivity index (χ2n) is 5.44. The molecular formula is C22H28O4. The molecule has 0 aromatic carbocycles. The van der Waals surface area contributed by atoms with E-state index in [4.69, 9.17) is 5.11 Å². The van der Waals surface area contributed by atoms with Gasteiger partial charge in [-0.05, 0) is 49.7 Å². The van der Waals surface area contributed by atoms with Gasteiger partial charge in [-0.25, -0.2) is 0 Å². The van der Waals surface area contributed by atoms with Crippen LogP contribution >= 0.6 is 0 Å². The van der Waals surface area contributed by atoms with E-state index in [0.29, 0.717) is 19.3 Å². The number of hydrogen-bond donors (Lipinski definition) is 3. The van der Waals surface area contributed by atoms with Crippen LogP contribution in [-0.2, 0) is 4.79 Å². The lowest BCUT2D eigenvalue weighted by Gasteiger charge is -1.98. The molecule has 0 spiro atoms. The van der Waals surface area contributed by atoms with Gasteiger partial charge >= 0.3 is 5.97 Å². The predicted octanol–water partition coefficient (Wildman–Crippen LogP) is 3.38. The van der Waals surface area contributed by atoms with Crippen molar-refractivity contribution in [3.63, 3.8) is 0 Å². The second kappa shape index (κ2) is 17.3. The number of hydrogen-bond acceptors (Lipinski definition) is 3. The minimum Gasteiger partial charge on any atom is -0.481 e. The summed E-state index contributed by atoms with van der Waals surface area (Å²) in [6.07, 6.45) is 16.6. The molecule has 0 bridgehead atoms. The highest BCUT2D eigenvalue weighted by atomic mass is 16.4. The minimum atomic E-state index is -0.844. The fraction of sp³-hybridized carbons (Fsp3) is 0.409. The van der Waals surface area contributed by atoms with E-state index in [1.165, 1.54) is 0 Å². The van der Waals surface area contributed by atoms with Crippen molar-refractivity contribution in [1.29, 1.82) is 0 Å². The highest BCUT2D eigenvalue weighted by molar-refractivity contribution is 5.66. The van der Waals surface area contributed by atoms with Gasteiger partial charge < -0.3 is 15.3 Å². The summed E-state index contributed by atoms with van der Waals surface area (Å²) in [5, 5.41) is 27.8. The van der Waals surface area contributed by atoms with Crippen molar-refractivity contribution < 1.29 is 20.1 Å². The molecule has 0 aliphatic heterocycles. The molecule has 0 aromatic heterocycles. The SMILES string of the molecule is CC/C=C\C/C=C\C[C@H](O)/C=C\C#CC#C[C@H](O)C/C=C\CCC(=O)O. The molecule has 26 heavy (non-hydrogen) atoms. The first-order valence-corrected chi connectivity index (χ1v) is 8.76. The summed E-state index contributed by atoms with van der Waals surface area (Å²) in [5.74, 6) is 9.55. The van der Waals surface area contributed by atoms with E-state index in [1.54, 1.807) is 24.3 Å². The van der Waals surface area contributed by atoms with E-state index in [0.717, 1.165) is 12.8 Å². The average molecular weight is 356 g/mol. The maximum absolute atomic E-state index is 10.3. The molecule has 4 heteroatoms. The zero-order chi connectivity index (χ0) is 19.5. The van der Waals surface area contributed by atoms with Gasteiger partial charge in [0.15, 0.2) is 0 Å². The van der Waals surface area contributed by atoms with E-state index in [9.17, 15) is 15.0 Å². The van der Waals surface area contributed by atoms with Crippen molar-refractivity contribution in [2.24, 2.45) is 0 Å². The Hall–Kier alpha value is -2.53. The zero-order valence-corrected chi connectivity index (χ0v) is 15.3. The van der Waals surface area contributed by atoms with E-state index >= 15 is 0 Å². The van der Waals surface area contributed by atoms with Gasteiger partial charge in [-0.1, -0.05) is 55.2 Å². The summed E-state index contributed by atoms with van der Waals surface area (Å²) in [6, 6.07) is 0. The Morgan fingerprint density at radius 1 is 1.00 bits per heavy atom. The molecule has 0 unspecified atom stereocenters. The number of rotatable bonds is 11. The van der Waals surface area contributed by atoms with Crippen molar-refractivity contribution in [3.05, 3.63) is 48.6 Å². The van der Waals surface area contributed by atoms with Gasteiger partial charge in [0.2, 0.25) is 0 Å². The summed E-state index contributed by atoms with van der Waals surface area (Å²) < 4.78 is 0. The van der Waals surface area contributed by atoms with Crippen molar-refractivity contribution in [2.75, 3.05) is 0 Å². The Bertz CT molecular complexity index is 618. The normalized spacial score (nSPS) is 13.7. The Balaban J connectivity index is 4.02. The fourth-order valence-corrected chi connectivity index (χ4v) is 1.72. The van der Waals surface area contributed by atoms with Gasteiger partial charge in [0.25, 0.3) is 0 Å². The van der Waals surface area contributed by atoms with E-state index < -0.39 is 18.2 Å². The van der Waals surface area contributed by atoms with Crippen LogP contribution in [0.2, 0.25) is 0 Å². The number of aliphatic hydroxyl groups excluding tert-OH is 2. The Kier molecular flexibility index (Phi) is 15.6. The zero-order valence-electron chi connectivity index (χ0n) is 15.3. The summed E-state index contributed by atoms with van der Waals surface area (Å²) >= 11 is 0. The maximum Gasteiger partial charge on any atom is 0.303 e. The molecule has 0 saturated heterocycles. The topological polar surface area (TPSA) is 77.8 Å². The third kappa shape index (κ3) is 17.8. The van der Waals surface area contributed by atoms with Crippen molar-refractivity contribution >= 4 is 5.97 Å². The van der Waals surface area contributed by atoms with Gasteiger partial charge in [-0.2, -0.15) is 0 Å². The molecule has 0 fully saturated rings. The van der Waals surface area contributed by atoms with Crippen molar-refractivity contribution in [3.8, 4) is 23.7 Å². The van der Waals surface area contributed by atoms with Gasteiger partial charge in [0, 0.05) is 12.8 Å². The Morgan fingerprint density at radius 3 is 2.46 bits per heavy atom. The third-order valence-electron chi connectivity index (χ3n) is 3.04. The first kappa shape index (κ1) is 23.5. The molecule has 2 atom stereocenters. The van der Waals surface area contributed by atoms with Gasteiger partial charge in [0.1, 0.15) is 6.10 Å². The minimum absolute atomic E-state index is 0.0770. The fourth-order valence-electron chi connectivity index (χ4n) is 1.72. The molecule has 0 radical (unpaired) electrons. The van der Waals surface area contributed by atoms with Crippen LogP contribution in [0.5, 0.6) is 0 Å². The van der Waals surface area contributed by atoms with Crippen molar-refractivity contribution in [2.45, 2.75) is 57.7 Å². The van der Waals surface area contributed by atoms with E-state index in [2.05, 4.69) is 42.8 Å². The quantitative estimate of drug-likeness (QED) is 0.392. The molecule has 4 nitrogen and oxygen atoms in total. The first-order valence-electron chi connectivity index (χ1n) is 8.76. The molecule has 0 heterocycles. The number of aliphatic hydroxyl groups is 2. The summed E-state index contributed by atoms with van der Waals surface area (Å²) in [5.41, 5.74) is 0. The first-order chi connectivity index (χ1) is 12.6. The number of carbonyl (C=O) groups is 1. The second-order valence-corrected chi connectivity index (χ2v) is 5.44. The van der Waals surface area contributed by atoms with Crippen LogP contribution in [0.3, 0.4) is 0 Å². The lowest BCUT2D eigenvalue weighted by atomic mass is 10.2. The highest BCUT2D eigenvalue weighted by Gasteiger charge is 1.95. The van der Waals surface area contributed by atoms with Crippen molar-refractivity contribution in [1.82, 2.24) is 0 Å². The molecule has 0 amide bonds. The van der Waals surface area contributed by atoms with Crippen LogP contribution in [0.25, 0.3) is 0 Å². The Morgan fingerprint density at radius 2 is 1.73 bits per heavy atom. The molecule has 0 aliphatic carbocycles.